The van der Waals surface area contributed by atoms with Gasteiger partial charge in [0.25, 0.3) is 0 Å². The fraction of sp³-hybridized carbons (Fsp3) is 1.00. The Bertz CT molecular complexity index is 173. The van der Waals surface area contributed by atoms with E-state index in [4.69, 9.17) is 9.84 Å². The average Bonchev–Trinajstić information content (AvgIpc) is 2.29. The molecule has 3 nitrogen and oxygen atoms in total. The van der Waals surface area contributed by atoms with Crippen molar-refractivity contribution in [2.24, 2.45) is 11.8 Å². The Hall–Kier alpha value is -0.120. The largest absolute Gasteiger partial charge is 0.394 e. The molecule has 0 heterocycles. The molecule has 0 amide bonds. The third-order valence-electron chi connectivity index (χ3n) is 3.56. The van der Waals surface area contributed by atoms with Crippen LogP contribution in [-0.4, -0.2) is 37.5 Å². The topological polar surface area (TPSA) is 41.5 Å². The minimum atomic E-state index is 0.123. The number of nitrogens with one attached hydrogen (secondary N) is 1. The Morgan fingerprint density at radius 1 is 1.25 bits per heavy atom. The summed E-state index contributed by atoms with van der Waals surface area (Å²) in [4.78, 5) is 0. The molecule has 0 saturated heterocycles. The quantitative estimate of drug-likeness (QED) is 0.654. The van der Waals surface area contributed by atoms with E-state index in [1.807, 2.05) is 0 Å². The zero-order valence-corrected chi connectivity index (χ0v) is 10.7. The fourth-order valence-corrected chi connectivity index (χ4v) is 2.69. The zero-order valence-electron chi connectivity index (χ0n) is 10.7. The predicted molar refractivity (Wildman–Crippen MR) is 66.5 cm³/mol. The first-order valence-corrected chi connectivity index (χ1v) is 6.67. The van der Waals surface area contributed by atoms with Gasteiger partial charge in [0.2, 0.25) is 0 Å². The van der Waals surface area contributed by atoms with Crippen LogP contribution in [0.25, 0.3) is 0 Å². The zero-order chi connectivity index (χ0) is 11.8. The van der Waals surface area contributed by atoms with Crippen molar-refractivity contribution >= 4 is 0 Å². The van der Waals surface area contributed by atoms with E-state index in [2.05, 4.69) is 19.2 Å². The summed E-state index contributed by atoms with van der Waals surface area (Å²) in [6.07, 6.45) is 5.43. The van der Waals surface area contributed by atoms with Crippen LogP contribution in [0.15, 0.2) is 0 Å². The van der Waals surface area contributed by atoms with Crippen LogP contribution >= 0.6 is 0 Å². The minimum absolute atomic E-state index is 0.123. The number of hydrogen-bond acceptors (Lipinski definition) is 3. The highest BCUT2D eigenvalue weighted by Crippen LogP contribution is 2.29. The van der Waals surface area contributed by atoms with E-state index in [0.29, 0.717) is 19.3 Å². The van der Waals surface area contributed by atoms with Gasteiger partial charge in [0.05, 0.1) is 19.8 Å². The number of hydrogen-bond donors (Lipinski definition) is 2. The fourth-order valence-electron chi connectivity index (χ4n) is 2.69. The van der Waals surface area contributed by atoms with E-state index in [9.17, 15) is 0 Å². The summed E-state index contributed by atoms with van der Waals surface area (Å²) in [5.74, 6) is 1.60. The predicted octanol–water partition coefficient (Wildman–Crippen LogP) is 1.80. The highest BCUT2D eigenvalue weighted by atomic mass is 16.5. The van der Waals surface area contributed by atoms with Crippen LogP contribution < -0.4 is 5.32 Å². The molecular formula is C13H27NO2. The molecule has 0 spiro atoms. The van der Waals surface area contributed by atoms with Crippen molar-refractivity contribution in [1.29, 1.82) is 0 Å². The summed E-state index contributed by atoms with van der Waals surface area (Å²) in [7, 11) is 0. The molecule has 3 heteroatoms. The minimum Gasteiger partial charge on any atom is -0.394 e. The lowest BCUT2D eigenvalue weighted by Crippen LogP contribution is -2.42. The van der Waals surface area contributed by atoms with Crippen LogP contribution in [0.1, 0.15) is 39.5 Å². The monoisotopic (exact) mass is 229 g/mol. The van der Waals surface area contributed by atoms with Crippen LogP contribution in [0.5, 0.6) is 0 Å². The molecule has 2 N–H and O–H groups in total. The van der Waals surface area contributed by atoms with Gasteiger partial charge >= 0.3 is 0 Å². The molecule has 96 valence electrons. The standard InChI is InChI=1S/C13H27NO2/c1-11(2)12-5-3-4-6-13(12)14-7-9-16-10-8-15/h11-15H,3-10H2,1-2H3. The van der Waals surface area contributed by atoms with E-state index < -0.39 is 0 Å². The molecule has 2 unspecified atom stereocenters. The van der Waals surface area contributed by atoms with Gasteiger partial charge in [-0.25, -0.2) is 0 Å². The number of aliphatic hydroxyl groups is 1. The second-order valence-corrected chi connectivity index (χ2v) is 5.09. The van der Waals surface area contributed by atoms with Gasteiger partial charge in [0.1, 0.15) is 0 Å². The summed E-state index contributed by atoms with van der Waals surface area (Å²) >= 11 is 0. The van der Waals surface area contributed by atoms with E-state index in [1.165, 1.54) is 25.7 Å². The summed E-state index contributed by atoms with van der Waals surface area (Å²) < 4.78 is 5.26. The van der Waals surface area contributed by atoms with Crippen molar-refractivity contribution in [3.05, 3.63) is 0 Å². The Morgan fingerprint density at radius 2 is 2.00 bits per heavy atom. The SMILES string of the molecule is CC(C)C1CCCCC1NCCOCCO. The highest BCUT2D eigenvalue weighted by Gasteiger charge is 2.26. The second-order valence-electron chi connectivity index (χ2n) is 5.09. The van der Waals surface area contributed by atoms with Gasteiger partial charge in [0, 0.05) is 12.6 Å². The third kappa shape index (κ3) is 4.81. The molecule has 0 bridgehead atoms. The highest BCUT2D eigenvalue weighted by molar-refractivity contribution is 4.82. The summed E-state index contributed by atoms with van der Waals surface area (Å²) in [5, 5.41) is 12.2. The molecule has 16 heavy (non-hydrogen) atoms. The Kier molecular flexibility index (Phi) is 7.01. The van der Waals surface area contributed by atoms with E-state index in [-0.39, 0.29) is 6.61 Å². The molecule has 1 saturated carbocycles. The van der Waals surface area contributed by atoms with Crippen molar-refractivity contribution in [1.82, 2.24) is 5.32 Å². The van der Waals surface area contributed by atoms with Crippen LogP contribution in [0.4, 0.5) is 0 Å². The lowest BCUT2D eigenvalue weighted by atomic mass is 9.78. The number of rotatable bonds is 7. The molecule has 1 fully saturated rings. The molecule has 2 atom stereocenters. The molecule has 0 aromatic carbocycles. The van der Waals surface area contributed by atoms with Crippen molar-refractivity contribution in [3.63, 3.8) is 0 Å². The van der Waals surface area contributed by atoms with Crippen molar-refractivity contribution in [3.8, 4) is 0 Å². The van der Waals surface area contributed by atoms with Gasteiger partial charge < -0.3 is 15.2 Å². The number of ether oxygens (including phenoxy) is 1. The first-order chi connectivity index (χ1) is 7.75. The van der Waals surface area contributed by atoms with Gasteiger partial charge in [-0.15, -0.1) is 0 Å². The molecule has 0 aliphatic heterocycles. The average molecular weight is 229 g/mol. The molecule has 0 aromatic heterocycles. The molecule has 1 aliphatic rings. The van der Waals surface area contributed by atoms with Crippen LogP contribution in [0.2, 0.25) is 0 Å². The van der Waals surface area contributed by atoms with Gasteiger partial charge in [0.15, 0.2) is 0 Å². The molecule has 1 rings (SSSR count). The van der Waals surface area contributed by atoms with Gasteiger partial charge in [-0.05, 0) is 24.7 Å². The lowest BCUT2D eigenvalue weighted by Gasteiger charge is -2.35. The maximum absolute atomic E-state index is 8.58. The second kappa shape index (κ2) is 8.04. The first kappa shape index (κ1) is 13.9. The molecule has 0 aromatic rings. The summed E-state index contributed by atoms with van der Waals surface area (Å²) in [6, 6.07) is 0.673. The van der Waals surface area contributed by atoms with Gasteiger partial charge in [-0.1, -0.05) is 26.7 Å². The van der Waals surface area contributed by atoms with E-state index in [1.54, 1.807) is 0 Å². The first-order valence-electron chi connectivity index (χ1n) is 6.67. The maximum Gasteiger partial charge on any atom is 0.0698 e. The van der Waals surface area contributed by atoms with Crippen molar-refractivity contribution < 1.29 is 9.84 Å². The maximum atomic E-state index is 8.58. The number of aliphatic hydroxyl groups excluding tert-OH is 1. The van der Waals surface area contributed by atoms with E-state index >= 15 is 0 Å². The lowest BCUT2D eigenvalue weighted by molar-refractivity contribution is 0.0883. The van der Waals surface area contributed by atoms with Crippen molar-refractivity contribution in [2.45, 2.75) is 45.6 Å². The summed E-state index contributed by atoms with van der Waals surface area (Å²) in [5.41, 5.74) is 0. The van der Waals surface area contributed by atoms with Crippen LogP contribution in [0, 0.1) is 11.8 Å². The van der Waals surface area contributed by atoms with Crippen molar-refractivity contribution in [2.75, 3.05) is 26.4 Å². The molecule has 0 radical (unpaired) electrons. The normalized spacial score (nSPS) is 26.2. The third-order valence-corrected chi connectivity index (χ3v) is 3.56. The van der Waals surface area contributed by atoms with Crippen LogP contribution in [0.3, 0.4) is 0 Å². The van der Waals surface area contributed by atoms with Gasteiger partial charge in [-0.3, -0.25) is 0 Å². The van der Waals surface area contributed by atoms with Gasteiger partial charge in [-0.2, -0.15) is 0 Å². The smallest absolute Gasteiger partial charge is 0.0698 e. The summed E-state index contributed by atoms with van der Waals surface area (Å²) in [6.45, 7) is 6.85. The Morgan fingerprint density at radius 3 is 2.69 bits per heavy atom. The molecular weight excluding hydrogens is 202 g/mol. The Labute approximate surface area is 99.6 Å². The molecule has 1 aliphatic carbocycles. The van der Waals surface area contributed by atoms with E-state index in [0.717, 1.165) is 18.4 Å². The van der Waals surface area contributed by atoms with Crippen LogP contribution in [-0.2, 0) is 4.74 Å². The Balaban J connectivity index is 2.17.